The summed E-state index contributed by atoms with van der Waals surface area (Å²) in [7, 11) is 0. The maximum Gasteiger partial charge on any atom is 0.183 e. The number of Topliss-reactive ketones (excluding diaryl/α,β-unsaturated/α-hetero) is 1. The van der Waals surface area contributed by atoms with E-state index in [2.05, 4.69) is 25.9 Å². The normalized spacial score (nSPS) is 13.7. The van der Waals surface area contributed by atoms with Gasteiger partial charge in [0.05, 0.1) is 11.2 Å². The average Bonchev–Trinajstić information content (AvgIpc) is 2.56. The average molecular weight is 272 g/mol. The van der Waals surface area contributed by atoms with Crippen LogP contribution in [0.15, 0.2) is 6.20 Å². The summed E-state index contributed by atoms with van der Waals surface area (Å²) in [5.74, 6) is -0.0314. The van der Waals surface area contributed by atoms with E-state index in [-0.39, 0.29) is 17.2 Å². The van der Waals surface area contributed by atoms with Gasteiger partial charge in [0.2, 0.25) is 0 Å². The quantitative estimate of drug-likeness (QED) is 0.838. The lowest BCUT2D eigenvalue weighted by atomic mass is 9.86. The molecule has 0 bridgehead atoms. The largest absolute Gasteiger partial charge is 0.327 e. The van der Waals surface area contributed by atoms with Gasteiger partial charge in [-0.25, -0.2) is 0 Å². The highest BCUT2D eigenvalue weighted by atomic mass is 35.5. The van der Waals surface area contributed by atoms with Gasteiger partial charge < -0.3 is 5.73 Å². The standard InChI is InChI=1S/C13H22ClN3O/c1-5-17-12(10(14)8-16-17)11(18)6-9(15)7-13(2,3)4/h8-9H,5-7,15H2,1-4H3. The van der Waals surface area contributed by atoms with Gasteiger partial charge in [-0.3, -0.25) is 9.48 Å². The van der Waals surface area contributed by atoms with Crippen molar-refractivity contribution in [2.45, 2.75) is 53.1 Å². The third-order valence-corrected chi connectivity index (χ3v) is 2.96. The van der Waals surface area contributed by atoms with Crippen LogP contribution < -0.4 is 5.73 Å². The van der Waals surface area contributed by atoms with E-state index in [0.717, 1.165) is 6.42 Å². The Hall–Kier alpha value is -0.870. The number of carbonyl (C=O) groups is 1. The van der Waals surface area contributed by atoms with E-state index in [1.807, 2.05) is 6.92 Å². The minimum absolute atomic E-state index is 0.0314. The van der Waals surface area contributed by atoms with Crippen LogP contribution in [0, 0.1) is 5.41 Å². The van der Waals surface area contributed by atoms with Crippen LogP contribution in [0.25, 0.3) is 0 Å². The molecular weight excluding hydrogens is 250 g/mol. The summed E-state index contributed by atoms with van der Waals surface area (Å²) < 4.78 is 1.62. The van der Waals surface area contributed by atoms with Crippen molar-refractivity contribution >= 4 is 17.4 Å². The highest BCUT2D eigenvalue weighted by Gasteiger charge is 2.22. The monoisotopic (exact) mass is 271 g/mol. The minimum atomic E-state index is -0.145. The fourth-order valence-corrected chi connectivity index (χ4v) is 2.32. The molecule has 0 aliphatic carbocycles. The molecule has 0 fully saturated rings. The SMILES string of the molecule is CCn1ncc(Cl)c1C(=O)CC(N)CC(C)(C)C. The number of nitrogens with zero attached hydrogens (tertiary/aromatic N) is 2. The molecule has 0 radical (unpaired) electrons. The van der Waals surface area contributed by atoms with Gasteiger partial charge in [0.1, 0.15) is 5.69 Å². The number of rotatable bonds is 5. The maximum atomic E-state index is 12.2. The molecule has 0 aliphatic heterocycles. The highest BCUT2D eigenvalue weighted by molar-refractivity contribution is 6.33. The van der Waals surface area contributed by atoms with E-state index < -0.39 is 0 Å². The van der Waals surface area contributed by atoms with Crippen molar-refractivity contribution in [2.75, 3.05) is 0 Å². The number of hydrogen-bond donors (Lipinski definition) is 1. The molecule has 1 aromatic rings. The Labute approximate surface area is 113 Å². The van der Waals surface area contributed by atoms with E-state index in [9.17, 15) is 4.79 Å². The van der Waals surface area contributed by atoms with Crippen molar-refractivity contribution in [3.8, 4) is 0 Å². The molecule has 0 saturated carbocycles. The van der Waals surface area contributed by atoms with Crippen LogP contribution in [-0.2, 0) is 6.54 Å². The molecule has 1 aromatic heterocycles. The smallest absolute Gasteiger partial charge is 0.183 e. The highest BCUT2D eigenvalue weighted by Crippen LogP contribution is 2.23. The van der Waals surface area contributed by atoms with E-state index in [4.69, 9.17) is 17.3 Å². The second-order valence-electron chi connectivity index (χ2n) is 5.81. The van der Waals surface area contributed by atoms with Crippen molar-refractivity contribution in [1.29, 1.82) is 0 Å². The Morgan fingerprint density at radius 2 is 2.17 bits per heavy atom. The van der Waals surface area contributed by atoms with Gasteiger partial charge in [0, 0.05) is 19.0 Å². The topological polar surface area (TPSA) is 60.9 Å². The van der Waals surface area contributed by atoms with Crippen LogP contribution in [0.5, 0.6) is 0 Å². The minimum Gasteiger partial charge on any atom is -0.327 e. The van der Waals surface area contributed by atoms with Gasteiger partial charge >= 0.3 is 0 Å². The van der Waals surface area contributed by atoms with Gasteiger partial charge in [0.15, 0.2) is 5.78 Å². The van der Waals surface area contributed by atoms with Gasteiger partial charge in [-0.2, -0.15) is 5.10 Å². The lowest BCUT2D eigenvalue weighted by Crippen LogP contribution is -2.29. The molecule has 0 aliphatic rings. The predicted molar refractivity (Wildman–Crippen MR) is 73.9 cm³/mol. The first-order valence-corrected chi connectivity index (χ1v) is 6.62. The molecule has 5 heteroatoms. The molecule has 18 heavy (non-hydrogen) atoms. The zero-order valence-corrected chi connectivity index (χ0v) is 12.3. The number of carbonyl (C=O) groups excluding carboxylic acids is 1. The Morgan fingerprint density at radius 1 is 1.56 bits per heavy atom. The van der Waals surface area contributed by atoms with E-state index in [0.29, 0.717) is 23.7 Å². The Morgan fingerprint density at radius 3 is 2.67 bits per heavy atom. The molecule has 0 amide bonds. The Kier molecular flexibility index (Phi) is 4.93. The van der Waals surface area contributed by atoms with Gasteiger partial charge in [-0.05, 0) is 18.8 Å². The first-order valence-electron chi connectivity index (χ1n) is 6.24. The number of aryl methyl sites for hydroxylation is 1. The Balaban J connectivity index is 2.73. The van der Waals surface area contributed by atoms with E-state index >= 15 is 0 Å². The van der Waals surface area contributed by atoms with Crippen LogP contribution in [0.4, 0.5) is 0 Å². The third kappa shape index (κ3) is 4.10. The van der Waals surface area contributed by atoms with Crippen molar-refractivity contribution in [2.24, 2.45) is 11.1 Å². The fraction of sp³-hybridized carbons (Fsp3) is 0.692. The van der Waals surface area contributed by atoms with Crippen LogP contribution in [0.1, 0.15) is 51.0 Å². The Bertz CT molecular complexity index is 420. The molecule has 1 heterocycles. The van der Waals surface area contributed by atoms with Gasteiger partial charge in [-0.1, -0.05) is 32.4 Å². The van der Waals surface area contributed by atoms with E-state index in [1.54, 1.807) is 4.68 Å². The van der Waals surface area contributed by atoms with Crippen LogP contribution in [-0.4, -0.2) is 21.6 Å². The summed E-state index contributed by atoms with van der Waals surface area (Å²) >= 11 is 5.99. The van der Waals surface area contributed by atoms with Crippen LogP contribution >= 0.6 is 11.6 Å². The zero-order chi connectivity index (χ0) is 13.9. The number of halogens is 1. The number of aromatic nitrogens is 2. The zero-order valence-electron chi connectivity index (χ0n) is 11.5. The van der Waals surface area contributed by atoms with Gasteiger partial charge in [-0.15, -0.1) is 0 Å². The molecule has 0 aromatic carbocycles. The van der Waals surface area contributed by atoms with E-state index in [1.165, 1.54) is 6.20 Å². The molecule has 4 nitrogen and oxygen atoms in total. The molecule has 1 unspecified atom stereocenters. The number of ketones is 1. The molecular formula is C13H22ClN3O. The number of nitrogens with two attached hydrogens (primary N) is 1. The second-order valence-corrected chi connectivity index (χ2v) is 6.22. The lowest BCUT2D eigenvalue weighted by Gasteiger charge is -2.22. The van der Waals surface area contributed by atoms with Gasteiger partial charge in [0.25, 0.3) is 0 Å². The van der Waals surface area contributed by atoms with Crippen molar-refractivity contribution in [3.05, 3.63) is 16.9 Å². The summed E-state index contributed by atoms with van der Waals surface area (Å²) in [4.78, 5) is 12.2. The predicted octanol–water partition coefficient (Wildman–Crippen LogP) is 2.89. The summed E-state index contributed by atoms with van der Waals surface area (Å²) in [5.41, 5.74) is 6.61. The maximum absolute atomic E-state index is 12.2. The lowest BCUT2D eigenvalue weighted by molar-refractivity contribution is 0.0958. The molecule has 1 rings (SSSR count). The molecule has 102 valence electrons. The summed E-state index contributed by atoms with van der Waals surface area (Å²) in [6.45, 7) is 8.89. The fourth-order valence-electron chi connectivity index (χ4n) is 2.07. The third-order valence-electron chi connectivity index (χ3n) is 2.68. The van der Waals surface area contributed by atoms with Crippen molar-refractivity contribution < 1.29 is 4.79 Å². The summed E-state index contributed by atoms with van der Waals surface area (Å²) in [6.07, 6.45) is 2.62. The molecule has 1 atom stereocenters. The van der Waals surface area contributed by atoms with Crippen LogP contribution in [0.2, 0.25) is 5.02 Å². The summed E-state index contributed by atoms with van der Waals surface area (Å²) in [6, 6.07) is -0.145. The van der Waals surface area contributed by atoms with Crippen molar-refractivity contribution in [1.82, 2.24) is 9.78 Å². The van der Waals surface area contributed by atoms with Crippen molar-refractivity contribution in [3.63, 3.8) is 0 Å². The number of hydrogen-bond acceptors (Lipinski definition) is 3. The molecule has 0 spiro atoms. The molecule has 2 N–H and O–H groups in total. The van der Waals surface area contributed by atoms with Crippen LogP contribution in [0.3, 0.4) is 0 Å². The molecule has 0 saturated heterocycles. The summed E-state index contributed by atoms with van der Waals surface area (Å²) in [5, 5.41) is 4.47. The second kappa shape index (κ2) is 5.85. The first-order chi connectivity index (χ1) is 8.24. The first kappa shape index (κ1) is 15.2.